The fourth-order valence-corrected chi connectivity index (χ4v) is 1.38. The third-order valence-corrected chi connectivity index (χ3v) is 2.00. The average Bonchev–Trinajstić information content (AvgIpc) is 2.16. The Morgan fingerprint density at radius 3 is 2.86 bits per heavy atom. The predicted octanol–water partition coefficient (Wildman–Crippen LogP) is 1.74. The molecule has 5 heteroatoms. The van der Waals surface area contributed by atoms with Gasteiger partial charge in [0.1, 0.15) is 5.82 Å². The van der Waals surface area contributed by atoms with Crippen molar-refractivity contribution in [2.75, 3.05) is 5.73 Å². The molecule has 0 unspecified atom stereocenters. The lowest BCUT2D eigenvalue weighted by molar-refractivity contribution is 1.23. The van der Waals surface area contributed by atoms with E-state index in [2.05, 4.69) is 9.97 Å². The van der Waals surface area contributed by atoms with Gasteiger partial charge in [-0.15, -0.1) is 0 Å². The molecule has 0 atom stereocenters. The largest absolute Gasteiger partial charge is 0.383 e. The van der Waals surface area contributed by atoms with E-state index in [0.717, 1.165) is 0 Å². The number of hydrogen-bond acceptors (Lipinski definition) is 4. The zero-order chi connectivity index (χ0) is 10.1. The Morgan fingerprint density at radius 2 is 2.14 bits per heavy atom. The number of aromatic nitrogens is 2. The maximum atomic E-state index is 8.68. The van der Waals surface area contributed by atoms with Gasteiger partial charge in [-0.1, -0.05) is 0 Å². The summed E-state index contributed by atoms with van der Waals surface area (Å²) in [5.41, 5.74) is 6.73. The van der Waals surface area contributed by atoms with Gasteiger partial charge in [-0.3, -0.25) is 0 Å². The smallest absolute Gasteiger partial charge is 0.224 e. The van der Waals surface area contributed by atoms with E-state index in [1.807, 2.05) is 6.07 Å². The van der Waals surface area contributed by atoms with Crippen LogP contribution in [0.5, 0.6) is 0 Å². The molecule has 1 aromatic carbocycles. The maximum absolute atomic E-state index is 8.68. The molecule has 2 aromatic rings. The first kappa shape index (κ1) is 8.73. The van der Waals surface area contributed by atoms with Gasteiger partial charge in [-0.25, -0.2) is 9.97 Å². The maximum Gasteiger partial charge on any atom is 0.224 e. The molecule has 0 saturated carbocycles. The van der Waals surface area contributed by atoms with Crippen molar-refractivity contribution in [3.8, 4) is 6.07 Å². The van der Waals surface area contributed by atoms with E-state index in [9.17, 15) is 0 Å². The molecule has 1 heterocycles. The molecule has 0 amide bonds. The Kier molecular flexibility index (Phi) is 1.95. The molecule has 0 aliphatic heterocycles. The van der Waals surface area contributed by atoms with Crippen LogP contribution in [0, 0.1) is 11.3 Å². The van der Waals surface area contributed by atoms with Crippen LogP contribution in [0.3, 0.4) is 0 Å². The summed E-state index contributed by atoms with van der Waals surface area (Å²) in [5.74, 6) is 0.324. The number of nitrogens with zero attached hydrogens (tertiary/aromatic N) is 3. The first-order valence-corrected chi connectivity index (χ1v) is 4.21. The topological polar surface area (TPSA) is 75.6 Å². The Bertz CT molecular complexity index is 544. The van der Waals surface area contributed by atoms with Crippen molar-refractivity contribution in [2.45, 2.75) is 0 Å². The summed E-state index contributed by atoms with van der Waals surface area (Å²) in [6.45, 7) is 0. The van der Waals surface area contributed by atoms with Crippen LogP contribution < -0.4 is 5.73 Å². The summed E-state index contributed by atoms with van der Waals surface area (Å²) >= 11 is 5.63. The van der Waals surface area contributed by atoms with Crippen LogP contribution in [0.1, 0.15) is 5.56 Å². The van der Waals surface area contributed by atoms with E-state index < -0.39 is 0 Å². The van der Waals surface area contributed by atoms with Crippen molar-refractivity contribution in [1.29, 1.82) is 5.26 Å². The lowest BCUT2D eigenvalue weighted by Crippen LogP contribution is -1.95. The second-order valence-electron chi connectivity index (χ2n) is 2.72. The van der Waals surface area contributed by atoms with Crippen molar-refractivity contribution < 1.29 is 0 Å². The summed E-state index contributed by atoms with van der Waals surface area (Å²) in [6, 6.07) is 7.01. The third-order valence-electron chi connectivity index (χ3n) is 1.83. The number of nitrogen functional groups attached to an aromatic ring is 1. The van der Waals surface area contributed by atoms with E-state index in [1.54, 1.807) is 18.2 Å². The van der Waals surface area contributed by atoms with Gasteiger partial charge in [-0.2, -0.15) is 5.26 Å². The van der Waals surface area contributed by atoms with Crippen LogP contribution in [-0.4, -0.2) is 9.97 Å². The van der Waals surface area contributed by atoms with E-state index in [0.29, 0.717) is 22.3 Å². The van der Waals surface area contributed by atoms with Crippen molar-refractivity contribution in [3.63, 3.8) is 0 Å². The van der Waals surface area contributed by atoms with Crippen molar-refractivity contribution in [3.05, 3.63) is 29.0 Å². The molecule has 1 aromatic heterocycles. The minimum atomic E-state index is 0.0880. The number of rotatable bonds is 0. The lowest BCUT2D eigenvalue weighted by atomic mass is 10.1. The number of nitrogens with two attached hydrogens (primary N) is 1. The molecule has 4 nitrogen and oxygen atoms in total. The summed E-state index contributed by atoms with van der Waals surface area (Å²) in [6.07, 6.45) is 0. The molecular formula is C9H5ClN4. The number of halogens is 1. The van der Waals surface area contributed by atoms with Gasteiger partial charge in [0.15, 0.2) is 0 Å². The van der Waals surface area contributed by atoms with Gasteiger partial charge in [0.05, 0.1) is 17.1 Å². The quantitative estimate of drug-likeness (QED) is 0.664. The van der Waals surface area contributed by atoms with Crippen molar-refractivity contribution >= 4 is 28.3 Å². The Hall–Kier alpha value is -1.86. The Labute approximate surface area is 85.0 Å². The highest BCUT2D eigenvalue weighted by molar-refractivity contribution is 6.28. The highest BCUT2D eigenvalue weighted by Gasteiger charge is 2.03. The number of nitriles is 1. The van der Waals surface area contributed by atoms with Crippen LogP contribution in [-0.2, 0) is 0 Å². The molecule has 2 rings (SSSR count). The normalized spacial score (nSPS) is 10.0. The summed E-state index contributed by atoms with van der Waals surface area (Å²) in [5, 5.41) is 9.47. The van der Waals surface area contributed by atoms with Crippen LogP contribution in [0.2, 0.25) is 5.28 Å². The zero-order valence-electron chi connectivity index (χ0n) is 7.03. The van der Waals surface area contributed by atoms with Crippen LogP contribution in [0.15, 0.2) is 18.2 Å². The number of hydrogen-bond donors (Lipinski definition) is 1. The molecule has 68 valence electrons. The van der Waals surface area contributed by atoms with E-state index >= 15 is 0 Å². The molecule has 0 bridgehead atoms. The summed E-state index contributed by atoms with van der Waals surface area (Å²) < 4.78 is 0. The monoisotopic (exact) mass is 204 g/mol. The molecular weight excluding hydrogens is 200 g/mol. The van der Waals surface area contributed by atoms with Crippen molar-refractivity contribution in [2.24, 2.45) is 0 Å². The van der Waals surface area contributed by atoms with Gasteiger partial charge in [0, 0.05) is 5.39 Å². The fraction of sp³-hybridized carbons (Fsp3) is 0. The minimum Gasteiger partial charge on any atom is -0.383 e. The minimum absolute atomic E-state index is 0.0880. The van der Waals surface area contributed by atoms with Crippen molar-refractivity contribution in [1.82, 2.24) is 9.97 Å². The predicted molar refractivity (Wildman–Crippen MR) is 53.7 cm³/mol. The molecule has 0 fully saturated rings. The van der Waals surface area contributed by atoms with Gasteiger partial charge in [0.2, 0.25) is 5.28 Å². The lowest BCUT2D eigenvalue weighted by Gasteiger charge is -2.00. The van der Waals surface area contributed by atoms with Gasteiger partial charge in [-0.05, 0) is 29.8 Å². The SMILES string of the molecule is N#Cc1ccc2c(N)nc(Cl)nc2c1. The molecule has 0 radical (unpaired) electrons. The first-order valence-electron chi connectivity index (χ1n) is 3.83. The highest BCUT2D eigenvalue weighted by atomic mass is 35.5. The van der Waals surface area contributed by atoms with Gasteiger partial charge < -0.3 is 5.73 Å². The summed E-state index contributed by atoms with van der Waals surface area (Å²) in [7, 11) is 0. The first-order chi connectivity index (χ1) is 6.70. The standard InChI is InChI=1S/C9H5ClN4/c10-9-13-7-3-5(4-11)1-2-6(7)8(12)14-9/h1-3H,(H2,12,13,14). The number of anilines is 1. The Morgan fingerprint density at radius 1 is 1.36 bits per heavy atom. The second-order valence-corrected chi connectivity index (χ2v) is 3.06. The van der Waals surface area contributed by atoms with Gasteiger partial charge >= 0.3 is 0 Å². The average molecular weight is 205 g/mol. The number of benzene rings is 1. The Balaban J connectivity index is 2.83. The molecule has 0 aliphatic rings. The van der Waals surface area contributed by atoms with Crippen LogP contribution in [0.25, 0.3) is 10.9 Å². The molecule has 0 spiro atoms. The number of fused-ring (bicyclic) bond motifs is 1. The van der Waals surface area contributed by atoms with E-state index in [1.165, 1.54) is 0 Å². The van der Waals surface area contributed by atoms with E-state index in [-0.39, 0.29) is 5.28 Å². The second kappa shape index (κ2) is 3.13. The van der Waals surface area contributed by atoms with E-state index in [4.69, 9.17) is 22.6 Å². The van der Waals surface area contributed by atoms with Crippen LogP contribution >= 0.6 is 11.6 Å². The summed E-state index contributed by atoms with van der Waals surface area (Å²) in [4.78, 5) is 7.77. The molecule has 0 saturated heterocycles. The molecule has 14 heavy (non-hydrogen) atoms. The molecule has 0 aliphatic carbocycles. The zero-order valence-corrected chi connectivity index (χ0v) is 7.78. The van der Waals surface area contributed by atoms with Gasteiger partial charge in [0.25, 0.3) is 0 Å². The fourth-order valence-electron chi connectivity index (χ4n) is 1.19. The van der Waals surface area contributed by atoms with Crippen LogP contribution in [0.4, 0.5) is 5.82 Å². The third kappa shape index (κ3) is 1.34. The molecule has 2 N–H and O–H groups in total. The highest BCUT2D eigenvalue weighted by Crippen LogP contribution is 2.20.